The first-order chi connectivity index (χ1) is 9.38. The zero-order valence-corrected chi connectivity index (χ0v) is 12.7. The molecule has 0 saturated heterocycles. The highest BCUT2D eigenvalue weighted by Crippen LogP contribution is 2.56. The molecule has 112 valence electrons. The fourth-order valence-electron chi connectivity index (χ4n) is 2.19. The Hall–Kier alpha value is -1.58. The number of esters is 2. The first-order valence-corrected chi connectivity index (χ1v) is 7.08. The maximum atomic E-state index is 11.8. The van der Waals surface area contributed by atoms with Crippen molar-refractivity contribution in [1.82, 2.24) is 0 Å². The zero-order valence-electron chi connectivity index (χ0n) is 12.7. The molecule has 0 radical (unpaired) electrons. The van der Waals surface area contributed by atoms with E-state index in [-0.39, 0.29) is 23.3 Å². The first-order valence-electron chi connectivity index (χ1n) is 7.08. The van der Waals surface area contributed by atoms with Crippen molar-refractivity contribution in [2.45, 2.75) is 40.0 Å². The smallest absolute Gasteiger partial charge is 0.333 e. The van der Waals surface area contributed by atoms with Crippen molar-refractivity contribution in [1.29, 1.82) is 0 Å². The van der Waals surface area contributed by atoms with Gasteiger partial charge in [0.05, 0.1) is 19.1 Å². The topological polar surface area (TPSA) is 52.6 Å². The molecule has 1 aliphatic carbocycles. The van der Waals surface area contributed by atoms with Gasteiger partial charge in [-0.2, -0.15) is 0 Å². The molecule has 0 amide bonds. The Labute approximate surface area is 120 Å². The van der Waals surface area contributed by atoms with Gasteiger partial charge in [-0.3, -0.25) is 4.79 Å². The van der Waals surface area contributed by atoms with Crippen LogP contribution in [0.2, 0.25) is 0 Å². The summed E-state index contributed by atoms with van der Waals surface area (Å²) in [5.41, 5.74) is 1.02. The number of hydrogen-bond donors (Lipinski definition) is 0. The van der Waals surface area contributed by atoms with Crippen LogP contribution in [0.25, 0.3) is 0 Å². The normalized spacial score (nSPS) is 16.9. The Kier molecular flexibility index (Phi) is 5.54. The van der Waals surface area contributed by atoms with E-state index in [9.17, 15) is 9.59 Å². The van der Waals surface area contributed by atoms with E-state index in [0.717, 1.165) is 18.4 Å². The summed E-state index contributed by atoms with van der Waals surface area (Å²) in [6.45, 7) is 13.9. The molecule has 1 aliphatic rings. The molecule has 0 N–H and O–H groups in total. The van der Waals surface area contributed by atoms with Crippen molar-refractivity contribution in [3.05, 3.63) is 24.3 Å². The van der Waals surface area contributed by atoms with Crippen LogP contribution in [-0.2, 0) is 19.1 Å². The van der Waals surface area contributed by atoms with Crippen LogP contribution in [-0.4, -0.2) is 25.2 Å². The lowest BCUT2D eigenvalue weighted by atomic mass is 9.85. The quantitative estimate of drug-likeness (QED) is 0.389. The Morgan fingerprint density at radius 1 is 1.15 bits per heavy atom. The summed E-state index contributed by atoms with van der Waals surface area (Å²) in [7, 11) is 0. The van der Waals surface area contributed by atoms with Crippen LogP contribution in [0.3, 0.4) is 0 Å². The highest BCUT2D eigenvalue weighted by molar-refractivity contribution is 5.90. The van der Waals surface area contributed by atoms with E-state index in [2.05, 4.69) is 13.2 Å². The summed E-state index contributed by atoms with van der Waals surface area (Å²) in [5.74, 6) is -0.973. The minimum Gasteiger partial charge on any atom is -0.466 e. The molecule has 1 atom stereocenters. The maximum absolute atomic E-state index is 11.8. The van der Waals surface area contributed by atoms with E-state index in [1.165, 1.54) is 0 Å². The fourth-order valence-corrected chi connectivity index (χ4v) is 2.19. The van der Waals surface area contributed by atoms with Crippen LogP contribution in [0, 0.1) is 11.3 Å². The van der Waals surface area contributed by atoms with Crippen molar-refractivity contribution in [2.75, 3.05) is 13.2 Å². The van der Waals surface area contributed by atoms with Gasteiger partial charge in [0.15, 0.2) is 0 Å². The van der Waals surface area contributed by atoms with E-state index < -0.39 is 0 Å². The van der Waals surface area contributed by atoms with E-state index in [1.807, 2.05) is 0 Å². The number of hydrogen-bond acceptors (Lipinski definition) is 4. The second-order valence-electron chi connectivity index (χ2n) is 5.29. The monoisotopic (exact) mass is 280 g/mol. The van der Waals surface area contributed by atoms with Gasteiger partial charge in [0, 0.05) is 11.0 Å². The highest BCUT2D eigenvalue weighted by atomic mass is 16.5. The zero-order chi connectivity index (χ0) is 15.3. The molecule has 0 aliphatic heterocycles. The molecule has 0 heterocycles. The molecule has 1 unspecified atom stereocenters. The SMILES string of the molecule is C=C(CC1(C(=C)C(=O)OCC)CC1)C(C)C(=O)OCC. The second kappa shape index (κ2) is 6.73. The molecule has 4 heteroatoms. The lowest BCUT2D eigenvalue weighted by molar-refractivity contribution is -0.146. The van der Waals surface area contributed by atoms with Crippen molar-refractivity contribution in [3.8, 4) is 0 Å². The second-order valence-corrected chi connectivity index (χ2v) is 5.29. The summed E-state index contributed by atoms with van der Waals surface area (Å²) in [6, 6.07) is 0. The Bertz CT molecular complexity index is 418. The van der Waals surface area contributed by atoms with Crippen LogP contribution in [0.5, 0.6) is 0 Å². The minimum absolute atomic E-state index is 0.260. The van der Waals surface area contributed by atoms with Gasteiger partial charge in [0.25, 0.3) is 0 Å². The summed E-state index contributed by atoms with van der Waals surface area (Å²) in [4.78, 5) is 23.5. The van der Waals surface area contributed by atoms with Gasteiger partial charge in [-0.05, 0) is 40.0 Å². The van der Waals surface area contributed by atoms with Gasteiger partial charge in [0.2, 0.25) is 0 Å². The molecule has 1 saturated carbocycles. The average molecular weight is 280 g/mol. The predicted octanol–water partition coefficient (Wildman–Crippen LogP) is 3.03. The summed E-state index contributed by atoms with van der Waals surface area (Å²) in [6.07, 6.45) is 2.36. The molecule has 4 nitrogen and oxygen atoms in total. The van der Waals surface area contributed by atoms with Gasteiger partial charge in [-0.1, -0.05) is 18.7 Å². The molecular formula is C16H24O4. The molecule has 1 rings (SSSR count). The summed E-state index contributed by atoms with van der Waals surface area (Å²) >= 11 is 0. The molecule has 0 spiro atoms. The average Bonchev–Trinajstić information content (AvgIpc) is 3.18. The summed E-state index contributed by atoms with van der Waals surface area (Å²) in [5, 5.41) is 0. The van der Waals surface area contributed by atoms with E-state index in [1.54, 1.807) is 20.8 Å². The number of carbonyl (C=O) groups is 2. The van der Waals surface area contributed by atoms with Crippen LogP contribution in [0.1, 0.15) is 40.0 Å². The minimum atomic E-state index is -0.359. The highest BCUT2D eigenvalue weighted by Gasteiger charge is 2.48. The third-order valence-corrected chi connectivity index (χ3v) is 3.83. The van der Waals surface area contributed by atoms with Crippen molar-refractivity contribution in [3.63, 3.8) is 0 Å². The lowest BCUT2D eigenvalue weighted by Gasteiger charge is -2.21. The molecule has 20 heavy (non-hydrogen) atoms. The standard InChI is InChI=1S/C16H24O4/c1-6-19-14(17)12(4)11(3)10-16(8-9-16)13(5)15(18)20-7-2/h12H,3,5-10H2,1-2,4H3. The predicted molar refractivity (Wildman–Crippen MR) is 77.0 cm³/mol. The Morgan fingerprint density at radius 3 is 2.15 bits per heavy atom. The molecule has 0 bridgehead atoms. The Balaban J connectivity index is 2.63. The third-order valence-electron chi connectivity index (χ3n) is 3.83. The van der Waals surface area contributed by atoms with E-state index in [0.29, 0.717) is 25.2 Å². The van der Waals surface area contributed by atoms with Gasteiger partial charge in [0.1, 0.15) is 0 Å². The molecule has 1 fully saturated rings. The summed E-state index contributed by atoms with van der Waals surface area (Å²) < 4.78 is 9.99. The first kappa shape index (κ1) is 16.5. The van der Waals surface area contributed by atoms with Crippen LogP contribution in [0.15, 0.2) is 24.3 Å². The third kappa shape index (κ3) is 3.71. The van der Waals surface area contributed by atoms with E-state index in [4.69, 9.17) is 9.47 Å². The number of rotatable bonds is 8. The van der Waals surface area contributed by atoms with Crippen LogP contribution < -0.4 is 0 Å². The van der Waals surface area contributed by atoms with Gasteiger partial charge < -0.3 is 9.47 Å². The van der Waals surface area contributed by atoms with Crippen molar-refractivity contribution in [2.24, 2.45) is 11.3 Å². The lowest BCUT2D eigenvalue weighted by Crippen LogP contribution is -2.21. The van der Waals surface area contributed by atoms with Crippen molar-refractivity contribution >= 4 is 11.9 Å². The fraction of sp³-hybridized carbons (Fsp3) is 0.625. The van der Waals surface area contributed by atoms with E-state index >= 15 is 0 Å². The molecule has 0 aromatic rings. The molecule has 0 aromatic heterocycles. The number of ether oxygens (including phenoxy) is 2. The van der Waals surface area contributed by atoms with Crippen molar-refractivity contribution < 1.29 is 19.1 Å². The number of carbonyl (C=O) groups excluding carboxylic acids is 2. The van der Waals surface area contributed by atoms with Crippen LogP contribution in [0.4, 0.5) is 0 Å². The Morgan fingerprint density at radius 2 is 1.70 bits per heavy atom. The molecular weight excluding hydrogens is 256 g/mol. The largest absolute Gasteiger partial charge is 0.466 e. The van der Waals surface area contributed by atoms with Gasteiger partial charge in [-0.15, -0.1) is 0 Å². The van der Waals surface area contributed by atoms with Gasteiger partial charge in [-0.25, -0.2) is 4.79 Å². The maximum Gasteiger partial charge on any atom is 0.333 e. The molecule has 0 aromatic carbocycles. The van der Waals surface area contributed by atoms with Crippen LogP contribution >= 0.6 is 0 Å². The van der Waals surface area contributed by atoms with Gasteiger partial charge >= 0.3 is 11.9 Å².